The summed E-state index contributed by atoms with van der Waals surface area (Å²) in [5, 5.41) is 3.25. The van der Waals surface area contributed by atoms with Crippen LogP contribution in [0, 0.1) is 20.8 Å². The van der Waals surface area contributed by atoms with Crippen molar-refractivity contribution in [2.24, 2.45) is 0 Å². The fraction of sp³-hybridized carbons (Fsp3) is 0.294. The highest BCUT2D eigenvalue weighted by molar-refractivity contribution is 7.16. The molecule has 0 bridgehead atoms. The molecule has 1 heterocycles. The number of hydrogen-bond acceptors (Lipinski definition) is 4. The molecule has 0 unspecified atom stereocenters. The molecular weight excluding hydrogens is 298 g/mol. The molecule has 0 atom stereocenters. The largest absolute Gasteiger partial charge is 0.457 e. The minimum absolute atomic E-state index is 0.200. The molecule has 5 heteroatoms. The highest BCUT2D eigenvalue weighted by Crippen LogP contribution is 2.33. The maximum absolute atomic E-state index is 12.4. The number of aryl methyl sites for hydroxylation is 2. The first kappa shape index (κ1) is 16.2. The van der Waals surface area contributed by atoms with Gasteiger partial charge in [-0.1, -0.05) is 29.8 Å². The topological polar surface area (TPSA) is 55.4 Å². The second-order valence-corrected chi connectivity index (χ2v) is 6.46. The molecule has 2 rings (SSSR count). The molecule has 2 aromatic rings. The van der Waals surface area contributed by atoms with Crippen LogP contribution in [-0.2, 0) is 16.1 Å². The molecule has 0 aliphatic heterocycles. The summed E-state index contributed by atoms with van der Waals surface area (Å²) >= 11 is 1.39. The average molecular weight is 317 g/mol. The van der Waals surface area contributed by atoms with E-state index >= 15 is 0 Å². The first-order valence-electron chi connectivity index (χ1n) is 6.98. The molecule has 0 aliphatic rings. The summed E-state index contributed by atoms with van der Waals surface area (Å²) in [7, 11) is 0. The van der Waals surface area contributed by atoms with Gasteiger partial charge in [0.05, 0.1) is 5.56 Å². The number of esters is 1. The van der Waals surface area contributed by atoms with Crippen LogP contribution in [0.15, 0.2) is 24.3 Å². The van der Waals surface area contributed by atoms with Gasteiger partial charge in [-0.15, -0.1) is 11.3 Å². The van der Waals surface area contributed by atoms with Crippen LogP contribution in [0.4, 0.5) is 5.00 Å². The first-order valence-corrected chi connectivity index (χ1v) is 7.80. The number of rotatable bonds is 4. The van der Waals surface area contributed by atoms with Gasteiger partial charge >= 0.3 is 5.97 Å². The van der Waals surface area contributed by atoms with Crippen molar-refractivity contribution in [2.45, 2.75) is 34.3 Å². The Labute approximate surface area is 134 Å². The molecule has 0 radical (unpaired) electrons. The monoisotopic (exact) mass is 317 g/mol. The zero-order chi connectivity index (χ0) is 16.3. The van der Waals surface area contributed by atoms with Gasteiger partial charge in [-0.05, 0) is 31.9 Å². The fourth-order valence-electron chi connectivity index (χ4n) is 2.03. The van der Waals surface area contributed by atoms with Crippen molar-refractivity contribution < 1.29 is 14.3 Å². The van der Waals surface area contributed by atoms with Crippen LogP contribution in [0.3, 0.4) is 0 Å². The van der Waals surface area contributed by atoms with Crippen LogP contribution in [-0.4, -0.2) is 11.9 Å². The molecule has 22 heavy (non-hydrogen) atoms. The lowest BCUT2D eigenvalue weighted by molar-refractivity contribution is -0.114. The third-order valence-corrected chi connectivity index (χ3v) is 4.49. The van der Waals surface area contributed by atoms with E-state index in [4.69, 9.17) is 4.74 Å². The number of carbonyl (C=O) groups is 2. The number of thiophene rings is 1. The third-order valence-electron chi connectivity index (χ3n) is 3.37. The molecule has 1 aromatic heterocycles. The lowest BCUT2D eigenvalue weighted by atomic mass is 10.1. The minimum Gasteiger partial charge on any atom is -0.457 e. The van der Waals surface area contributed by atoms with E-state index in [2.05, 4.69) is 5.32 Å². The summed E-state index contributed by atoms with van der Waals surface area (Å²) in [5.74, 6) is -0.611. The average Bonchev–Trinajstić information content (AvgIpc) is 2.72. The second-order valence-electron chi connectivity index (χ2n) is 5.23. The van der Waals surface area contributed by atoms with Crippen molar-refractivity contribution in [1.29, 1.82) is 0 Å². The van der Waals surface area contributed by atoms with E-state index in [1.54, 1.807) is 0 Å². The number of hydrogen-bond donors (Lipinski definition) is 1. The normalized spacial score (nSPS) is 10.4. The van der Waals surface area contributed by atoms with Gasteiger partial charge in [-0.3, -0.25) is 4.79 Å². The molecule has 0 spiro atoms. The molecule has 0 saturated carbocycles. The standard InChI is InChI=1S/C17H19NO3S/c1-10-5-7-14(8-6-10)9-21-17(20)15-11(2)12(3)22-16(15)18-13(4)19/h5-8H,9H2,1-4H3,(H,18,19). The van der Waals surface area contributed by atoms with Crippen molar-refractivity contribution >= 4 is 28.2 Å². The zero-order valence-electron chi connectivity index (χ0n) is 13.1. The zero-order valence-corrected chi connectivity index (χ0v) is 14.0. The van der Waals surface area contributed by atoms with Gasteiger partial charge in [-0.2, -0.15) is 0 Å². The fourth-order valence-corrected chi connectivity index (χ4v) is 3.12. The van der Waals surface area contributed by atoms with Crippen molar-refractivity contribution in [2.75, 3.05) is 5.32 Å². The maximum atomic E-state index is 12.4. The summed E-state index contributed by atoms with van der Waals surface area (Å²) in [4.78, 5) is 24.6. The quantitative estimate of drug-likeness (QED) is 0.868. The van der Waals surface area contributed by atoms with Crippen LogP contribution in [0.5, 0.6) is 0 Å². The molecule has 0 fully saturated rings. The molecule has 1 N–H and O–H groups in total. The van der Waals surface area contributed by atoms with E-state index in [9.17, 15) is 9.59 Å². The number of anilines is 1. The first-order chi connectivity index (χ1) is 10.4. The number of amides is 1. The summed E-state index contributed by atoms with van der Waals surface area (Å²) in [6.45, 7) is 7.42. The molecular formula is C17H19NO3S. The minimum atomic E-state index is -0.411. The SMILES string of the molecule is CC(=O)Nc1sc(C)c(C)c1C(=O)OCc1ccc(C)cc1. The van der Waals surface area contributed by atoms with Crippen LogP contribution < -0.4 is 5.32 Å². The van der Waals surface area contributed by atoms with Crippen LogP contribution >= 0.6 is 11.3 Å². The van der Waals surface area contributed by atoms with Gasteiger partial charge in [0.25, 0.3) is 0 Å². The van der Waals surface area contributed by atoms with Gasteiger partial charge in [-0.25, -0.2) is 4.79 Å². The van der Waals surface area contributed by atoms with E-state index in [1.165, 1.54) is 18.3 Å². The summed E-state index contributed by atoms with van der Waals surface area (Å²) < 4.78 is 5.39. The van der Waals surface area contributed by atoms with Crippen molar-refractivity contribution in [1.82, 2.24) is 0 Å². The van der Waals surface area contributed by atoms with Crippen molar-refractivity contribution in [3.8, 4) is 0 Å². The lowest BCUT2D eigenvalue weighted by Gasteiger charge is -2.08. The lowest BCUT2D eigenvalue weighted by Crippen LogP contribution is -2.11. The van der Waals surface area contributed by atoms with Crippen molar-refractivity contribution in [3.05, 3.63) is 51.4 Å². The molecule has 1 amide bonds. The van der Waals surface area contributed by atoms with E-state index in [1.807, 2.05) is 45.0 Å². The predicted octanol–water partition coefficient (Wildman–Crippen LogP) is 3.99. The smallest absolute Gasteiger partial charge is 0.341 e. The summed E-state index contributed by atoms with van der Waals surface area (Å²) in [5.41, 5.74) is 3.39. The molecule has 116 valence electrons. The summed E-state index contributed by atoms with van der Waals surface area (Å²) in [6, 6.07) is 7.82. The van der Waals surface area contributed by atoms with Gasteiger partial charge in [0, 0.05) is 11.8 Å². The number of ether oxygens (including phenoxy) is 1. The van der Waals surface area contributed by atoms with Crippen LogP contribution in [0.2, 0.25) is 0 Å². The van der Waals surface area contributed by atoms with Gasteiger partial charge in [0.15, 0.2) is 0 Å². The van der Waals surface area contributed by atoms with E-state index < -0.39 is 5.97 Å². The second kappa shape index (κ2) is 6.75. The molecule has 1 aromatic carbocycles. The Morgan fingerprint density at radius 3 is 2.36 bits per heavy atom. The highest BCUT2D eigenvalue weighted by Gasteiger charge is 2.21. The van der Waals surface area contributed by atoms with Gasteiger partial charge < -0.3 is 10.1 Å². The van der Waals surface area contributed by atoms with E-state index in [0.29, 0.717) is 10.6 Å². The molecule has 0 aliphatic carbocycles. The van der Waals surface area contributed by atoms with E-state index in [-0.39, 0.29) is 12.5 Å². The predicted molar refractivity (Wildman–Crippen MR) is 88.4 cm³/mol. The number of benzene rings is 1. The number of nitrogens with one attached hydrogen (secondary N) is 1. The highest BCUT2D eigenvalue weighted by atomic mass is 32.1. The van der Waals surface area contributed by atoms with Gasteiger partial charge in [0.2, 0.25) is 5.91 Å². The van der Waals surface area contributed by atoms with Crippen LogP contribution in [0.1, 0.15) is 38.8 Å². The Balaban J connectivity index is 2.15. The number of carbonyl (C=O) groups excluding carboxylic acids is 2. The van der Waals surface area contributed by atoms with Crippen LogP contribution in [0.25, 0.3) is 0 Å². The summed E-state index contributed by atoms with van der Waals surface area (Å²) in [6.07, 6.45) is 0. The maximum Gasteiger partial charge on any atom is 0.341 e. The molecule has 0 saturated heterocycles. The Hall–Kier alpha value is -2.14. The molecule has 4 nitrogen and oxygen atoms in total. The Kier molecular flexibility index (Phi) is 4.98. The third kappa shape index (κ3) is 3.74. The Morgan fingerprint density at radius 1 is 1.14 bits per heavy atom. The Morgan fingerprint density at radius 2 is 1.77 bits per heavy atom. The van der Waals surface area contributed by atoms with Gasteiger partial charge in [0.1, 0.15) is 11.6 Å². The Bertz CT molecular complexity index is 701. The van der Waals surface area contributed by atoms with E-state index in [0.717, 1.165) is 21.6 Å². The van der Waals surface area contributed by atoms with Crippen molar-refractivity contribution in [3.63, 3.8) is 0 Å².